The lowest BCUT2D eigenvalue weighted by Crippen LogP contribution is -2.43. The lowest BCUT2D eigenvalue weighted by molar-refractivity contribution is -0.153. The van der Waals surface area contributed by atoms with E-state index in [1.807, 2.05) is 0 Å². The first-order chi connectivity index (χ1) is 10.4. The van der Waals surface area contributed by atoms with Gasteiger partial charge in [0.1, 0.15) is 17.2 Å². The van der Waals surface area contributed by atoms with E-state index >= 15 is 0 Å². The third kappa shape index (κ3) is 3.69. The number of methoxy groups -OCH3 is 1. The van der Waals surface area contributed by atoms with Gasteiger partial charge in [0.15, 0.2) is 0 Å². The number of phenols is 1. The van der Waals surface area contributed by atoms with Crippen LogP contribution in [0.5, 0.6) is 17.2 Å². The van der Waals surface area contributed by atoms with E-state index in [4.69, 9.17) is 9.47 Å². The minimum absolute atomic E-state index is 0.134. The number of aromatic hydroxyl groups is 1. The van der Waals surface area contributed by atoms with Gasteiger partial charge in [-0.25, -0.2) is 4.79 Å². The highest BCUT2D eigenvalue weighted by Crippen LogP contribution is 2.26. The second kappa shape index (κ2) is 6.39. The van der Waals surface area contributed by atoms with Crippen LogP contribution in [0.15, 0.2) is 48.5 Å². The molecule has 2 N–H and O–H groups in total. The predicted octanol–water partition coefficient (Wildman–Crippen LogP) is 2.87. The smallest absolute Gasteiger partial charge is 0.348 e. The number of phenolic OH excluding ortho intramolecular Hbond substituents is 1. The van der Waals surface area contributed by atoms with E-state index in [2.05, 4.69) is 0 Å². The summed E-state index contributed by atoms with van der Waals surface area (Å²) >= 11 is 0. The fraction of sp³-hybridized carbons (Fsp3) is 0.235. The molecule has 0 radical (unpaired) electrons. The van der Waals surface area contributed by atoms with Gasteiger partial charge >= 0.3 is 5.97 Å². The molecule has 0 aliphatic rings. The van der Waals surface area contributed by atoms with Crippen molar-refractivity contribution >= 4 is 5.97 Å². The minimum Gasteiger partial charge on any atom is -0.508 e. The van der Waals surface area contributed by atoms with E-state index in [1.54, 1.807) is 36.4 Å². The molecule has 2 aromatic carbocycles. The summed E-state index contributed by atoms with van der Waals surface area (Å²) in [5, 5.41) is 18.8. The van der Waals surface area contributed by atoms with Gasteiger partial charge in [-0.2, -0.15) is 0 Å². The molecule has 5 nitrogen and oxygen atoms in total. The lowest BCUT2D eigenvalue weighted by atomic mass is 9.96. The summed E-state index contributed by atoms with van der Waals surface area (Å²) in [4.78, 5) is 11.6. The number of carboxylic acids is 1. The van der Waals surface area contributed by atoms with Gasteiger partial charge in [0.25, 0.3) is 0 Å². The van der Waals surface area contributed by atoms with Crippen LogP contribution in [0, 0.1) is 0 Å². The first-order valence-corrected chi connectivity index (χ1v) is 6.77. The summed E-state index contributed by atoms with van der Waals surface area (Å²) in [6, 6.07) is 13.2. The Balaban J connectivity index is 2.23. The molecule has 0 amide bonds. The maximum atomic E-state index is 11.6. The summed E-state index contributed by atoms with van der Waals surface area (Å²) in [5.74, 6) is 0.0794. The minimum atomic E-state index is -1.43. The normalized spacial score (nSPS) is 13.2. The van der Waals surface area contributed by atoms with E-state index in [0.29, 0.717) is 11.5 Å². The monoisotopic (exact) mass is 302 g/mol. The van der Waals surface area contributed by atoms with Crippen molar-refractivity contribution in [1.82, 2.24) is 0 Å². The van der Waals surface area contributed by atoms with Crippen LogP contribution < -0.4 is 9.47 Å². The van der Waals surface area contributed by atoms with E-state index < -0.39 is 11.6 Å². The highest BCUT2D eigenvalue weighted by atomic mass is 16.5. The van der Waals surface area contributed by atoms with Crippen molar-refractivity contribution in [3.63, 3.8) is 0 Å². The van der Waals surface area contributed by atoms with Crippen molar-refractivity contribution in [2.45, 2.75) is 18.9 Å². The number of carboxylic acid groups (broad SMARTS) is 1. The molecule has 0 bridgehead atoms. The topological polar surface area (TPSA) is 76.0 Å². The molecule has 22 heavy (non-hydrogen) atoms. The summed E-state index contributed by atoms with van der Waals surface area (Å²) in [5.41, 5.74) is -0.672. The largest absolute Gasteiger partial charge is 0.508 e. The number of hydrogen-bond acceptors (Lipinski definition) is 4. The molecule has 1 unspecified atom stereocenters. The molecule has 2 rings (SSSR count). The summed E-state index contributed by atoms with van der Waals surface area (Å²) in [7, 11) is 1.53. The highest BCUT2D eigenvalue weighted by Gasteiger charge is 2.36. The third-order valence-corrected chi connectivity index (χ3v) is 3.31. The van der Waals surface area contributed by atoms with Gasteiger partial charge in [0, 0.05) is 12.5 Å². The quantitative estimate of drug-likeness (QED) is 0.858. The van der Waals surface area contributed by atoms with Crippen molar-refractivity contribution in [3.05, 3.63) is 54.1 Å². The number of rotatable bonds is 6. The number of carbonyl (C=O) groups is 1. The molecule has 1 atom stereocenters. The summed E-state index contributed by atoms with van der Waals surface area (Å²) < 4.78 is 10.8. The van der Waals surface area contributed by atoms with E-state index in [1.165, 1.54) is 26.2 Å². The fourth-order valence-electron chi connectivity index (χ4n) is 2.08. The molecule has 0 aliphatic carbocycles. The molecule has 5 heteroatoms. The number of ether oxygens (including phenoxy) is 2. The van der Waals surface area contributed by atoms with Gasteiger partial charge < -0.3 is 19.7 Å². The van der Waals surface area contributed by atoms with Crippen LogP contribution in [0.2, 0.25) is 0 Å². The van der Waals surface area contributed by atoms with Crippen molar-refractivity contribution in [1.29, 1.82) is 0 Å². The van der Waals surface area contributed by atoms with Crippen LogP contribution in [0.1, 0.15) is 12.5 Å². The van der Waals surface area contributed by atoms with Gasteiger partial charge in [-0.05, 0) is 36.8 Å². The Morgan fingerprint density at radius 2 is 1.77 bits per heavy atom. The van der Waals surface area contributed by atoms with Crippen molar-refractivity contribution < 1.29 is 24.5 Å². The molecule has 0 aliphatic heterocycles. The van der Waals surface area contributed by atoms with Gasteiger partial charge in [-0.3, -0.25) is 0 Å². The molecule has 0 saturated heterocycles. The zero-order chi connectivity index (χ0) is 16.2. The Labute approximate surface area is 128 Å². The second-order valence-electron chi connectivity index (χ2n) is 5.16. The maximum Gasteiger partial charge on any atom is 0.348 e. The first-order valence-electron chi connectivity index (χ1n) is 6.77. The highest BCUT2D eigenvalue weighted by molar-refractivity contribution is 5.78. The van der Waals surface area contributed by atoms with Gasteiger partial charge in [-0.1, -0.05) is 18.2 Å². The number of aliphatic carboxylic acids is 1. The van der Waals surface area contributed by atoms with E-state index in [-0.39, 0.29) is 12.2 Å². The zero-order valence-electron chi connectivity index (χ0n) is 12.4. The first kappa shape index (κ1) is 15.7. The summed E-state index contributed by atoms with van der Waals surface area (Å²) in [6.45, 7) is 1.52. The average molecular weight is 302 g/mol. The second-order valence-corrected chi connectivity index (χ2v) is 5.16. The predicted molar refractivity (Wildman–Crippen MR) is 81.5 cm³/mol. The van der Waals surface area contributed by atoms with Crippen LogP contribution in [-0.2, 0) is 11.2 Å². The van der Waals surface area contributed by atoms with Gasteiger partial charge in [0.05, 0.1) is 7.11 Å². The van der Waals surface area contributed by atoms with Gasteiger partial charge in [-0.15, -0.1) is 0 Å². The number of benzene rings is 2. The molecule has 0 spiro atoms. The van der Waals surface area contributed by atoms with Crippen molar-refractivity contribution in [2.24, 2.45) is 0 Å². The molecular weight excluding hydrogens is 284 g/mol. The van der Waals surface area contributed by atoms with E-state index in [0.717, 1.165) is 5.56 Å². The molecule has 0 heterocycles. The fourth-order valence-corrected chi connectivity index (χ4v) is 2.08. The zero-order valence-corrected chi connectivity index (χ0v) is 12.4. The van der Waals surface area contributed by atoms with Crippen molar-refractivity contribution in [3.8, 4) is 17.2 Å². The molecule has 2 aromatic rings. The Morgan fingerprint density at radius 3 is 2.36 bits per heavy atom. The summed E-state index contributed by atoms with van der Waals surface area (Å²) in [6.07, 6.45) is 0.166. The number of hydrogen-bond donors (Lipinski definition) is 2. The third-order valence-electron chi connectivity index (χ3n) is 3.31. The molecule has 116 valence electrons. The van der Waals surface area contributed by atoms with Crippen molar-refractivity contribution in [2.75, 3.05) is 7.11 Å². The molecule has 0 fully saturated rings. The van der Waals surface area contributed by atoms with Crippen LogP contribution in [0.4, 0.5) is 0 Å². The average Bonchev–Trinajstić information content (AvgIpc) is 2.49. The maximum absolute atomic E-state index is 11.6. The molecule has 0 aromatic heterocycles. The Hall–Kier alpha value is -2.69. The van der Waals surface area contributed by atoms with Gasteiger partial charge in [0.2, 0.25) is 5.60 Å². The Kier molecular flexibility index (Phi) is 4.56. The van der Waals surface area contributed by atoms with Crippen LogP contribution >= 0.6 is 0 Å². The van der Waals surface area contributed by atoms with E-state index in [9.17, 15) is 15.0 Å². The Bertz CT molecular complexity index is 650. The Morgan fingerprint density at radius 1 is 1.14 bits per heavy atom. The lowest BCUT2D eigenvalue weighted by Gasteiger charge is -2.26. The molecular formula is C17H18O5. The standard InChI is InChI=1S/C17H18O5/c1-17(16(19)20,11-12-6-8-13(18)9-7-12)22-15-5-3-4-14(10-15)21-2/h3-10,18H,11H2,1-2H3,(H,19,20). The van der Waals surface area contributed by atoms with Crippen LogP contribution in [0.3, 0.4) is 0 Å². The molecule has 0 saturated carbocycles. The SMILES string of the molecule is COc1cccc(OC(C)(Cc2ccc(O)cc2)C(=O)O)c1. The van der Waals surface area contributed by atoms with Crippen LogP contribution in [0.25, 0.3) is 0 Å². The van der Waals surface area contributed by atoms with Crippen LogP contribution in [-0.4, -0.2) is 28.9 Å².